The highest BCUT2D eigenvalue weighted by molar-refractivity contribution is 5.49. The van der Waals surface area contributed by atoms with Crippen molar-refractivity contribution in [1.82, 2.24) is 5.32 Å². The van der Waals surface area contributed by atoms with Gasteiger partial charge in [-0.1, -0.05) is 39.3 Å². The van der Waals surface area contributed by atoms with E-state index in [1.807, 2.05) is 0 Å². The summed E-state index contributed by atoms with van der Waals surface area (Å²) in [6, 6.07) is 10.6. The number of hydrogen-bond acceptors (Lipinski definition) is 2. The molecule has 1 aromatic carbocycles. The number of anilines is 1. The van der Waals surface area contributed by atoms with Gasteiger partial charge in [-0.05, 0) is 56.3 Å². The Labute approximate surface area is 130 Å². The highest BCUT2D eigenvalue weighted by Gasteiger charge is 2.31. The molecule has 2 heteroatoms. The van der Waals surface area contributed by atoms with Crippen LogP contribution < -0.4 is 10.2 Å². The Hall–Kier alpha value is -1.02. The topological polar surface area (TPSA) is 15.3 Å². The molecule has 0 aromatic heterocycles. The van der Waals surface area contributed by atoms with Crippen molar-refractivity contribution in [3.63, 3.8) is 0 Å². The molecule has 1 fully saturated rings. The molecule has 3 unspecified atom stereocenters. The molecular weight excluding hydrogens is 256 g/mol. The largest absolute Gasteiger partial charge is 0.368 e. The van der Waals surface area contributed by atoms with E-state index in [9.17, 15) is 0 Å². The van der Waals surface area contributed by atoms with E-state index in [0.717, 1.165) is 13.1 Å². The van der Waals surface area contributed by atoms with Crippen LogP contribution in [-0.4, -0.2) is 25.2 Å². The van der Waals surface area contributed by atoms with Crippen LogP contribution in [0.5, 0.6) is 0 Å². The second-order valence-electron chi connectivity index (χ2n) is 6.52. The highest BCUT2D eigenvalue weighted by atomic mass is 15.2. The molecular formula is C19H32N2. The molecule has 1 aliphatic rings. The van der Waals surface area contributed by atoms with Crippen LogP contribution in [0.3, 0.4) is 0 Å². The summed E-state index contributed by atoms with van der Waals surface area (Å²) in [5.41, 5.74) is 2.87. The summed E-state index contributed by atoms with van der Waals surface area (Å²) in [4.78, 5) is 2.59. The van der Waals surface area contributed by atoms with Crippen LogP contribution in [0.4, 0.5) is 5.69 Å². The Morgan fingerprint density at radius 3 is 2.48 bits per heavy atom. The van der Waals surface area contributed by atoms with Crippen molar-refractivity contribution in [2.45, 2.75) is 65.5 Å². The third-order valence-electron chi connectivity index (χ3n) is 5.12. The van der Waals surface area contributed by atoms with E-state index < -0.39 is 0 Å². The zero-order valence-electron chi connectivity index (χ0n) is 14.2. The van der Waals surface area contributed by atoms with Gasteiger partial charge in [0, 0.05) is 24.3 Å². The van der Waals surface area contributed by atoms with Gasteiger partial charge in [0.15, 0.2) is 0 Å². The van der Waals surface area contributed by atoms with E-state index in [0.29, 0.717) is 18.0 Å². The van der Waals surface area contributed by atoms with Gasteiger partial charge >= 0.3 is 0 Å². The summed E-state index contributed by atoms with van der Waals surface area (Å²) in [5, 5.41) is 3.64. The van der Waals surface area contributed by atoms with E-state index in [-0.39, 0.29) is 0 Å². The Morgan fingerprint density at radius 1 is 1.14 bits per heavy atom. The molecule has 0 spiro atoms. The molecule has 0 saturated carbocycles. The molecule has 21 heavy (non-hydrogen) atoms. The minimum absolute atomic E-state index is 0.601. The third kappa shape index (κ3) is 4.00. The molecule has 3 atom stereocenters. The maximum absolute atomic E-state index is 3.64. The zero-order chi connectivity index (χ0) is 15.2. The van der Waals surface area contributed by atoms with Crippen molar-refractivity contribution in [1.29, 1.82) is 0 Å². The van der Waals surface area contributed by atoms with Crippen molar-refractivity contribution in [2.24, 2.45) is 5.92 Å². The normalized spacial score (nSPS) is 26.1. The van der Waals surface area contributed by atoms with E-state index in [2.05, 4.69) is 62.2 Å². The lowest BCUT2D eigenvalue weighted by molar-refractivity contribution is 0.274. The number of piperidine rings is 1. The molecule has 1 heterocycles. The molecule has 1 N–H and O–H groups in total. The van der Waals surface area contributed by atoms with Crippen LogP contribution in [0.15, 0.2) is 24.3 Å². The minimum Gasteiger partial charge on any atom is -0.368 e. The van der Waals surface area contributed by atoms with Gasteiger partial charge in [0.05, 0.1) is 0 Å². The highest BCUT2D eigenvalue weighted by Crippen LogP contribution is 2.29. The van der Waals surface area contributed by atoms with E-state index in [4.69, 9.17) is 0 Å². The first-order valence-electron chi connectivity index (χ1n) is 8.76. The maximum atomic E-state index is 3.64. The fourth-order valence-corrected chi connectivity index (χ4v) is 3.51. The molecule has 0 aliphatic carbocycles. The van der Waals surface area contributed by atoms with E-state index >= 15 is 0 Å². The molecule has 1 aliphatic heterocycles. The van der Waals surface area contributed by atoms with Crippen molar-refractivity contribution >= 4 is 5.69 Å². The van der Waals surface area contributed by atoms with Crippen molar-refractivity contribution in [3.8, 4) is 0 Å². The first kappa shape index (κ1) is 16.4. The summed E-state index contributed by atoms with van der Waals surface area (Å²) in [6.07, 6.45) is 5.03. The average Bonchev–Trinajstić information content (AvgIpc) is 2.51. The van der Waals surface area contributed by atoms with Gasteiger partial charge < -0.3 is 10.2 Å². The summed E-state index contributed by atoms with van der Waals surface area (Å²) in [5.74, 6) is 0.693. The minimum atomic E-state index is 0.601. The lowest BCUT2D eigenvalue weighted by Crippen LogP contribution is -2.53. The van der Waals surface area contributed by atoms with E-state index in [1.165, 1.54) is 36.9 Å². The zero-order valence-corrected chi connectivity index (χ0v) is 14.2. The second kappa shape index (κ2) is 7.84. The van der Waals surface area contributed by atoms with Gasteiger partial charge in [0.1, 0.15) is 0 Å². The smallest absolute Gasteiger partial charge is 0.0368 e. The van der Waals surface area contributed by atoms with Crippen LogP contribution in [-0.2, 0) is 6.42 Å². The summed E-state index contributed by atoms with van der Waals surface area (Å²) >= 11 is 0. The Bertz CT molecular complexity index is 412. The lowest BCUT2D eigenvalue weighted by Gasteiger charge is -2.44. The fourth-order valence-electron chi connectivity index (χ4n) is 3.51. The number of unbranched alkanes of at least 4 members (excludes halogenated alkanes) is 1. The number of hydrogen-bond donors (Lipinski definition) is 1. The predicted molar refractivity (Wildman–Crippen MR) is 93.1 cm³/mol. The van der Waals surface area contributed by atoms with Crippen LogP contribution in [0.2, 0.25) is 0 Å². The first-order valence-corrected chi connectivity index (χ1v) is 8.76. The average molecular weight is 288 g/mol. The van der Waals surface area contributed by atoms with Crippen LogP contribution >= 0.6 is 0 Å². The molecule has 118 valence electrons. The molecule has 0 amide bonds. The monoisotopic (exact) mass is 288 g/mol. The first-order chi connectivity index (χ1) is 10.2. The standard InChI is InChI=1S/C19H32N2/c1-5-7-8-17-9-11-18(12-10-17)21-14-13-19(20-6-2)15(3)16(21)4/h9-12,15-16,19-20H,5-8,13-14H2,1-4H3. The Balaban J connectivity index is 2.01. The van der Waals surface area contributed by atoms with Gasteiger partial charge in [-0.3, -0.25) is 0 Å². The SMILES string of the molecule is CCCCc1ccc(N2CCC(NCC)C(C)C2C)cc1. The van der Waals surface area contributed by atoms with E-state index in [1.54, 1.807) is 0 Å². The van der Waals surface area contributed by atoms with Crippen LogP contribution in [0.1, 0.15) is 52.5 Å². The maximum Gasteiger partial charge on any atom is 0.0368 e. The summed E-state index contributed by atoms with van der Waals surface area (Å²) < 4.78 is 0. The second-order valence-corrected chi connectivity index (χ2v) is 6.52. The number of nitrogens with zero attached hydrogens (tertiary/aromatic N) is 1. The molecule has 1 aromatic rings. The number of nitrogens with one attached hydrogen (secondary N) is 1. The van der Waals surface area contributed by atoms with Gasteiger partial charge in [-0.15, -0.1) is 0 Å². The van der Waals surface area contributed by atoms with Crippen LogP contribution in [0.25, 0.3) is 0 Å². The number of benzene rings is 1. The quantitative estimate of drug-likeness (QED) is 0.842. The molecule has 0 radical (unpaired) electrons. The number of aryl methyl sites for hydroxylation is 1. The van der Waals surface area contributed by atoms with Crippen molar-refractivity contribution in [2.75, 3.05) is 18.0 Å². The van der Waals surface area contributed by atoms with Gasteiger partial charge in [0.25, 0.3) is 0 Å². The van der Waals surface area contributed by atoms with Gasteiger partial charge in [0.2, 0.25) is 0 Å². The Morgan fingerprint density at radius 2 is 1.86 bits per heavy atom. The van der Waals surface area contributed by atoms with Gasteiger partial charge in [-0.25, -0.2) is 0 Å². The lowest BCUT2D eigenvalue weighted by atomic mass is 9.86. The summed E-state index contributed by atoms with van der Waals surface area (Å²) in [6.45, 7) is 11.5. The molecule has 1 saturated heterocycles. The number of rotatable bonds is 6. The summed E-state index contributed by atoms with van der Waals surface area (Å²) in [7, 11) is 0. The predicted octanol–water partition coefficient (Wildman–Crippen LogP) is 4.24. The van der Waals surface area contributed by atoms with Gasteiger partial charge in [-0.2, -0.15) is 0 Å². The molecule has 0 bridgehead atoms. The Kier molecular flexibility index (Phi) is 6.10. The van der Waals surface area contributed by atoms with Crippen molar-refractivity contribution in [3.05, 3.63) is 29.8 Å². The van der Waals surface area contributed by atoms with Crippen LogP contribution in [0, 0.1) is 5.92 Å². The van der Waals surface area contributed by atoms with Crippen molar-refractivity contribution < 1.29 is 0 Å². The fraction of sp³-hybridized carbons (Fsp3) is 0.684. The molecule has 2 rings (SSSR count). The third-order valence-corrected chi connectivity index (χ3v) is 5.12. The molecule has 2 nitrogen and oxygen atoms in total.